The van der Waals surface area contributed by atoms with Crippen LogP contribution in [0.1, 0.15) is 32.6 Å². The highest BCUT2D eigenvalue weighted by Gasteiger charge is 2.44. The average Bonchev–Trinajstić information content (AvgIpc) is 2.71. The highest BCUT2D eigenvalue weighted by molar-refractivity contribution is 5.66. The molecule has 2 aliphatic rings. The van der Waals surface area contributed by atoms with Crippen LogP contribution in [0, 0.1) is 5.92 Å². The summed E-state index contributed by atoms with van der Waals surface area (Å²) in [6.07, 6.45) is 2.79. The Bertz CT molecular complexity index is 301. The van der Waals surface area contributed by atoms with E-state index < -0.39 is 11.8 Å². The zero-order valence-electron chi connectivity index (χ0n) is 11.2. The largest absolute Gasteiger partial charge is 0.481 e. The van der Waals surface area contributed by atoms with Crippen molar-refractivity contribution in [2.45, 2.75) is 44.5 Å². The van der Waals surface area contributed by atoms with Gasteiger partial charge in [0, 0.05) is 12.3 Å². The average molecular weight is 257 g/mol. The van der Waals surface area contributed by atoms with Crippen LogP contribution < -0.4 is 0 Å². The molecule has 5 nitrogen and oxygen atoms in total. The Morgan fingerprint density at radius 2 is 2.11 bits per heavy atom. The van der Waals surface area contributed by atoms with E-state index in [-0.39, 0.29) is 12.5 Å². The lowest BCUT2D eigenvalue weighted by Gasteiger charge is -2.38. The molecule has 2 saturated heterocycles. The summed E-state index contributed by atoms with van der Waals surface area (Å²) in [7, 11) is 2.13. The maximum absolute atomic E-state index is 10.6. The van der Waals surface area contributed by atoms with Gasteiger partial charge >= 0.3 is 5.97 Å². The van der Waals surface area contributed by atoms with E-state index in [0.717, 1.165) is 25.9 Å². The van der Waals surface area contributed by atoms with Crippen LogP contribution in [0.25, 0.3) is 0 Å². The van der Waals surface area contributed by atoms with Gasteiger partial charge in [-0.15, -0.1) is 0 Å². The summed E-state index contributed by atoms with van der Waals surface area (Å²) >= 11 is 0. The smallest absolute Gasteiger partial charge is 0.303 e. The minimum atomic E-state index is -0.772. The quantitative estimate of drug-likeness (QED) is 0.823. The lowest BCUT2D eigenvalue weighted by molar-refractivity contribution is -0.200. The van der Waals surface area contributed by atoms with Crippen LogP contribution in [0.3, 0.4) is 0 Å². The fourth-order valence-electron chi connectivity index (χ4n) is 2.83. The second kappa shape index (κ2) is 5.55. The van der Waals surface area contributed by atoms with Gasteiger partial charge in [-0.25, -0.2) is 0 Å². The molecule has 104 valence electrons. The molecule has 2 fully saturated rings. The molecule has 0 spiro atoms. The Hall–Kier alpha value is -0.650. The third kappa shape index (κ3) is 3.22. The summed E-state index contributed by atoms with van der Waals surface area (Å²) in [5.74, 6) is -0.861. The molecule has 0 aromatic carbocycles. The summed E-state index contributed by atoms with van der Waals surface area (Å²) in [5.41, 5.74) is 0. The van der Waals surface area contributed by atoms with E-state index in [2.05, 4.69) is 11.9 Å². The standard InChI is InChI=1S/C13H23NO4/c1-13(10-5-7-14(2)8-6-10)17-9-11(18-13)3-4-12(15)16/h10-11H,3-9H2,1-2H3,(H,15,16). The number of rotatable bonds is 4. The van der Waals surface area contributed by atoms with E-state index in [0.29, 0.717) is 18.9 Å². The molecule has 2 unspecified atom stereocenters. The summed E-state index contributed by atoms with van der Waals surface area (Å²) in [6, 6.07) is 0. The number of carboxylic acid groups (broad SMARTS) is 1. The molecule has 2 aliphatic heterocycles. The number of piperidine rings is 1. The molecule has 18 heavy (non-hydrogen) atoms. The highest BCUT2D eigenvalue weighted by Crippen LogP contribution is 2.37. The molecule has 5 heteroatoms. The third-order valence-corrected chi connectivity index (χ3v) is 4.10. The summed E-state index contributed by atoms with van der Waals surface area (Å²) in [6.45, 7) is 4.68. The van der Waals surface area contributed by atoms with Crippen molar-refractivity contribution in [2.75, 3.05) is 26.7 Å². The molecule has 0 amide bonds. The first-order valence-corrected chi connectivity index (χ1v) is 6.72. The number of likely N-dealkylation sites (tertiary alicyclic amines) is 1. The molecule has 2 atom stereocenters. The Morgan fingerprint density at radius 3 is 2.72 bits per heavy atom. The zero-order valence-corrected chi connectivity index (χ0v) is 11.2. The number of ether oxygens (including phenoxy) is 2. The van der Waals surface area contributed by atoms with Crippen LogP contribution in [0.15, 0.2) is 0 Å². The van der Waals surface area contributed by atoms with Crippen molar-refractivity contribution in [1.29, 1.82) is 0 Å². The minimum Gasteiger partial charge on any atom is -0.481 e. The van der Waals surface area contributed by atoms with Crippen molar-refractivity contribution in [2.24, 2.45) is 5.92 Å². The van der Waals surface area contributed by atoms with Crippen molar-refractivity contribution in [3.05, 3.63) is 0 Å². The number of aliphatic carboxylic acids is 1. The first-order valence-electron chi connectivity index (χ1n) is 6.72. The van der Waals surface area contributed by atoms with Crippen LogP contribution in [-0.2, 0) is 14.3 Å². The predicted octanol–water partition coefficient (Wildman–Crippen LogP) is 1.32. The molecule has 2 rings (SSSR count). The fourth-order valence-corrected chi connectivity index (χ4v) is 2.83. The van der Waals surface area contributed by atoms with Gasteiger partial charge < -0.3 is 19.5 Å². The molecule has 0 aromatic heterocycles. The molecule has 0 aliphatic carbocycles. The lowest BCUT2D eigenvalue weighted by atomic mass is 9.89. The van der Waals surface area contributed by atoms with Gasteiger partial charge in [0.1, 0.15) is 0 Å². The van der Waals surface area contributed by atoms with E-state index >= 15 is 0 Å². The predicted molar refractivity (Wildman–Crippen MR) is 66.3 cm³/mol. The van der Waals surface area contributed by atoms with Crippen LogP contribution in [0.4, 0.5) is 0 Å². The van der Waals surface area contributed by atoms with Gasteiger partial charge in [0.2, 0.25) is 0 Å². The first kappa shape index (κ1) is 13.8. The van der Waals surface area contributed by atoms with Gasteiger partial charge in [0.15, 0.2) is 5.79 Å². The van der Waals surface area contributed by atoms with Gasteiger partial charge in [-0.3, -0.25) is 4.79 Å². The minimum absolute atomic E-state index is 0.0641. The van der Waals surface area contributed by atoms with Gasteiger partial charge in [-0.2, -0.15) is 0 Å². The summed E-state index contributed by atoms with van der Waals surface area (Å²) < 4.78 is 11.8. The van der Waals surface area contributed by atoms with Gasteiger partial charge in [-0.05, 0) is 46.3 Å². The van der Waals surface area contributed by atoms with Crippen LogP contribution in [0.5, 0.6) is 0 Å². The van der Waals surface area contributed by atoms with Gasteiger partial charge in [0.25, 0.3) is 0 Å². The van der Waals surface area contributed by atoms with Crippen LogP contribution in [-0.4, -0.2) is 54.6 Å². The molecule has 1 N–H and O–H groups in total. The lowest BCUT2D eigenvalue weighted by Crippen LogP contribution is -2.43. The highest BCUT2D eigenvalue weighted by atomic mass is 16.7. The van der Waals surface area contributed by atoms with Crippen LogP contribution >= 0.6 is 0 Å². The Balaban J connectivity index is 1.83. The molecular formula is C13H23NO4. The van der Waals surface area contributed by atoms with Gasteiger partial charge in [-0.1, -0.05) is 0 Å². The van der Waals surface area contributed by atoms with Crippen LogP contribution in [0.2, 0.25) is 0 Å². The monoisotopic (exact) mass is 257 g/mol. The second-order valence-electron chi connectivity index (χ2n) is 5.58. The van der Waals surface area contributed by atoms with Gasteiger partial charge in [0.05, 0.1) is 12.7 Å². The van der Waals surface area contributed by atoms with E-state index in [4.69, 9.17) is 14.6 Å². The summed E-state index contributed by atoms with van der Waals surface area (Å²) in [4.78, 5) is 12.9. The normalized spacial score (nSPS) is 34.9. The van der Waals surface area contributed by atoms with E-state index in [9.17, 15) is 4.79 Å². The maximum Gasteiger partial charge on any atom is 0.303 e. The van der Waals surface area contributed by atoms with Crippen molar-refractivity contribution in [1.82, 2.24) is 4.90 Å². The third-order valence-electron chi connectivity index (χ3n) is 4.10. The second-order valence-corrected chi connectivity index (χ2v) is 5.58. The Labute approximate surface area is 108 Å². The summed E-state index contributed by atoms with van der Waals surface area (Å²) in [5, 5.41) is 8.68. The SMILES string of the molecule is CN1CCC(C2(C)OCC(CCC(=O)O)O2)CC1. The van der Waals surface area contributed by atoms with E-state index in [1.165, 1.54) is 0 Å². The molecule has 2 heterocycles. The fraction of sp³-hybridized carbons (Fsp3) is 0.923. The molecule has 0 bridgehead atoms. The number of hydrogen-bond acceptors (Lipinski definition) is 4. The number of hydrogen-bond donors (Lipinski definition) is 1. The number of carbonyl (C=O) groups is 1. The van der Waals surface area contributed by atoms with Crippen molar-refractivity contribution in [3.63, 3.8) is 0 Å². The number of carboxylic acids is 1. The zero-order chi connectivity index (χ0) is 13.2. The topological polar surface area (TPSA) is 59.0 Å². The number of nitrogens with zero attached hydrogens (tertiary/aromatic N) is 1. The Kier molecular flexibility index (Phi) is 4.25. The van der Waals surface area contributed by atoms with E-state index in [1.54, 1.807) is 0 Å². The maximum atomic E-state index is 10.6. The van der Waals surface area contributed by atoms with E-state index in [1.807, 2.05) is 6.92 Å². The van der Waals surface area contributed by atoms with Crippen molar-refractivity contribution in [3.8, 4) is 0 Å². The molecular weight excluding hydrogens is 234 g/mol. The first-order chi connectivity index (χ1) is 8.49. The molecule has 0 saturated carbocycles. The van der Waals surface area contributed by atoms with Crippen molar-refractivity contribution >= 4 is 5.97 Å². The van der Waals surface area contributed by atoms with Crippen molar-refractivity contribution < 1.29 is 19.4 Å². The molecule has 0 aromatic rings. The Morgan fingerprint density at radius 1 is 1.44 bits per heavy atom. The molecule has 0 radical (unpaired) electrons.